The van der Waals surface area contributed by atoms with E-state index in [2.05, 4.69) is 5.32 Å². The quantitative estimate of drug-likeness (QED) is 0.683. The largest absolute Gasteiger partial charge is 0.385 e. The van der Waals surface area contributed by atoms with E-state index in [4.69, 9.17) is 4.74 Å². The highest BCUT2D eigenvalue weighted by Crippen LogP contribution is 2.14. The van der Waals surface area contributed by atoms with Crippen LogP contribution >= 0.6 is 0 Å². The van der Waals surface area contributed by atoms with Gasteiger partial charge in [0.1, 0.15) is 0 Å². The summed E-state index contributed by atoms with van der Waals surface area (Å²) in [5.41, 5.74) is 0. The molecule has 0 aromatic rings. The minimum absolute atomic E-state index is 0.0104. The van der Waals surface area contributed by atoms with E-state index in [1.807, 2.05) is 13.8 Å². The van der Waals surface area contributed by atoms with Gasteiger partial charge < -0.3 is 10.1 Å². The van der Waals surface area contributed by atoms with E-state index in [1.54, 1.807) is 11.4 Å². The number of methoxy groups -OCH3 is 1. The minimum atomic E-state index is -3.18. The molecule has 1 aliphatic rings. The van der Waals surface area contributed by atoms with Crippen LogP contribution in [0.2, 0.25) is 0 Å². The zero-order valence-electron chi connectivity index (χ0n) is 12.4. The molecule has 0 aromatic heterocycles. The smallest absolute Gasteiger partial charge is 0.214 e. The van der Waals surface area contributed by atoms with Crippen LogP contribution in [-0.4, -0.2) is 57.4 Å². The Kier molecular flexibility index (Phi) is 7.28. The fourth-order valence-electron chi connectivity index (χ4n) is 2.45. The molecule has 0 aromatic carbocycles. The molecule has 1 saturated heterocycles. The van der Waals surface area contributed by atoms with Crippen LogP contribution in [0, 0.1) is 0 Å². The Morgan fingerprint density at radius 3 is 2.63 bits per heavy atom. The van der Waals surface area contributed by atoms with Crippen LogP contribution in [0.15, 0.2) is 0 Å². The van der Waals surface area contributed by atoms with E-state index in [0.29, 0.717) is 25.6 Å². The van der Waals surface area contributed by atoms with Gasteiger partial charge in [-0.1, -0.05) is 6.42 Å². The molecule has 1 atom stereocenters. The molecule has 1 N–H and O–H groups in total. The van der Waals surface area contributed by atoms with Crippen molar-refractivity contribution in [3.8, 4) is 0 Å². The lowest BCUT2D eigenvalue weighted by atomic mass is 10.1. The summed E-state index contributed by atoms with van der Waals surface area (Å²) in [5, 5.41) is 3.41. The standard InChI is InChI=1S/C13H28N2O3S/c1-12(2)15(11-13-7-4-5-8-14-13)19(16,17)10-6-9-18-3/h12-14H,4-11H2,1-3H3. The molecule has 5 nitrogen and oxygen atoms in total. The number of ether oxygens (including phenoxy) is 1. The molecular formula is C13H28N2O3S. The van der Waals surface area contributed by atoms with Crippen LogP contribution in [0.25, 0.3) is 0 Å². The zero-order chi connectivity index (χ0) is 14.3. The topological polar surface area (TPSA) is 58.6 Å². The minimum Gasteiger partial charge on any atom is -0.385 e. The lowest BCUT2D eigenvalue weighted by Gasteiger charge is -2.32. The number of hydrogen-bond acceptors (Lipinski definition) is 4. The third-order valence-electron chi connectivity index (χ3n) is 3.50. The maximum atomic E-state index is 12.4. The van der Waals surface area contributed by atoms with Crippen LogP contribution in [0.4, 0.5) is 0 Å². The molecule has 1 aliphatic heterocycles. The second-order valence-electron chi connectivity index (χ2n) is 5.47. The first kappa shape index (κ1) is 16.9. The van der Waals surface area contributed by atoms with Gasteiger partial charge in [-0.3, -0.25) is 0 Å². The second kappa shape index (κ2) is 8.19. The van der Waals surface area contributed by atoms with Gasteiger partial charge in [0.05, 0.1) is 5.75 Å². The van der Waals surface area contributed by atoms with Gasteiger partial charge in [-0.05, 0) is 39.7 Å². The van der Waals surface area contributed by atoms with Gasteiger partial charge in [0, 0.05) is 32.3 Å². The SMILES string of the molecule is COCCCS(=O)(=O)N(CC1CCCCN1)C(C)C. The third kappa shape index (κ3) is 5.77. The number of rotatable bonds is 8. The highest BCUT2D eigenvalue weighted by atomic mass is 32.2. The Morgan fingerprint density at radius 1 is 1.37 bits per heavy atom. The van der Waals surface area contributed by atoms with Crippen molar-refractivity contribution in [2.45, 2.75) is 51.6 Å². The van der Waals surface area contributed by atoms with E-state index in [9.17, 15) is 8.42 Å². The molecule has 0 aliphatic carbocycles. The Hall–Kier alpha value is -0.170. The van der Waals surface area contributed by atoms with Crippen molar-refractivity contribution in [2.24, 2.45) is 0 Å². The first-order chi connectivity index (χ1) is 8.97. The zero-order valence-corrected chi connectivity index (χ0v) is 13.2. The summed E-state index contributed by atoms with van der Waals surface area (Å²) in [6.07, 6.45) is 4.00. The van der Waals surface area contributed by atoms with Gasteiger partial charge in [-0.2, -0.15) is 4.31 Å². The summed E-state index contributed by atoms with van der Waals surface area (Å²) in [6.45, 7) is 5.97. The molecular weight excluding hydrogens is 264 g/mol. The molecule has 1 unspecified atom stereocenters. The van der Waals surface area contributed by atoms with Crippen molar-refractivity contribution >= 4 is 10.0 Å². The average Bonchev–Trinajstić information content (AvgIpc) is 2.37. The van der Waals surface area contributed by atoms with Crippen molar-refractivity contribution in [1.82, 2.24) is 9.62 Å². The summed E-state index contributed by atoms with van der Waals surface area (Å²) in [5.74, 6) is 0.172. The number of sulfonamides is 1. The Labute approximate surface area is 117 Å². The van der Waals surface area contributed by atoms with Crippen molar-refractivity contribution in [3.05, 3.63) is 0 Å². The predicted octanol–water partition coefficient (Wildman–Crippen LogP) is 1.21. The molecule has 19 heavy (non-hydrogen) atoms. The van der Waals surface area contributed by atoms with Gasteiger partial charge >= 0.3 is 0 Å². The maximum Gasteiger partial charge on any atom is 0.214 e. The maximum absolute atomic E-state index is 12.4. The van der Waals surface area contributed by atoms with Crippen molar-refractivity contribution in [3.63, 3.8) is 0 Å². The highest BCUT2D eigenvalue weighted by molar-refractivity contribution is 7.89. The van der Waals surface area contributed by atoms with Crippen LogP contribution in [0.1, 0.15) is 39.5 Å². The van der Waals surface area contributed by atoms with Gasteiger partial charge in [0.15, 0.2) is 0 Å². The van der Waals surface area contributed by atoms with Gasteiger partial charge in [0.25, 0.3) is 0 Å². The van der Waals surface area contributed by atoms with Crippen LogP contribution in [-0.2, 0) is 14.8 Å². The average molecular weight is 292 g/mol. The highest BCUT2D eigenvalue weighted by Gasteiger charge is 2.27. The number of nitrogens with zero attached hydrogens (tertiary/aromatic N) is 1. The van der Waals surface area contributed by atoms with Crippen molar-refractivity contribution in [2.75, 3.05) is 32.6 Å². The fourth-order valence-corrected chi connectivity index (χ4v) is 4.21. The third-order valence-corrected chi connectivity index (χ3v) is 5.59. The molecule has 0 spiro atoms. The number of piperidine rings is 1. The van der Waals surface area contributed by atoms with E-state index in [0.717, 1.165) is 13.0 Å². The van der Waals surface area contributed by atoms with Crippen molar-refractivity contribution < 1.29 is 13.2 Å². The van der Waals surface area contributed by atoms with E-state index < -0.39 is 10.0 Å². The van der Waals surface area contributed by atoms with Crippen LogP contribution in [0.5, 0.6) is 0 Å². The first-order valence-electron chi connectivity index (χ1n) is 7.19. The Morgan fingerprint density at radius 2 is 2.11 bits per heavy atom. The normalized spacial score (nSPS) is 21.2. The monoisotopic (exact) mass is 292 g/mol. The van der Waals surface area contributed by atoms with E-state index in [1.165, 1.54) is 12.8 Å². The summed E-state index contributed by atoms with van der Waals surface area (Å²) in [7, 11) is -1.58. The molecule has 0 saturated carbocycles. The number of hydrogen-bond donors (Lipinski definition) is 1. The van der Waals surface area contributed by atoms with Gasteiger partial charge in [-0.15, -0.1) is 0 Å². The molecule has 1 heterocycles. The van der Waals surface area contributed by atoms with Crippen LogP contribution < -0.4 is 5.32 Å². The van der Waals surface area contributed by atoms with Gasteiger partial charge in [0.2, 0.25) is 10.0 Å². The second-order valence-corrected chi connectivity index (χ2v) is 7.51. The Bertz CT molecular complexity index is 338. The lowest BCUT2D eigenvalue weighted by Crippen LogP contribution is -2.48. The molecule has 0 amide bonds. The summed E-state index contributed by atoms with van der Waals surface area (Å²) >= 11 is 0. The van der Waals surface area contributed by atoms with Crippen LogP contribution in [0.3, 0.4) is 0 Å². The predicted molar refractivity (Wildman–Crippen MR) is 77.8 cm³/mol. The first-order valence-corrected chi connectivity index (χ1v) is 8.80. The Balaban J connectivity index is 2.59. The van der Waals surface area contributed by atoms with Crippen molar-refractivity contribution in [1.29, 1.82) is 0 Å². The number of nitrogens with one attached hydrogen (secondary N) is 1. The molecule has 6 heteroatoms. The molecule has 0 bridgehead atoms. The summed E-state index contributed by atoms with van der Waals surface area (Å²) in [6, 6.07) is 0.310. The van der Waals surface area contributed by atoms with E-state index >= 15 is 0 Å². The lowest BCUT2D eigenvalue weighted by molar-refractivity contribution is 0.198. The summed E-state index contributed by atoms with van der Waals surface area (Å²) < 4.78 is 31.3. The molecule has 1 fully saturated rings. The van der Waals surface area contributed by atoms with Gasteiger partial charge in [-0.25, -0.2) is 8.42 Å². The fraction of sp³-hybridized carbons (Fsp3) is 1.00. The molecule has 1 rings (SSSR count). The van der Waals surface area contributed by atoms with E-state index in [-0.39, 0.29) is 11.8 Å². The summed E-state index contributed by atoms with van der Waals surface area (Å²) in [4.78, 5) is 0. The molecule has 0 radical (unpaired) electrons. The molecule has 114 valence electrons.